The quantitative estimate of drug-likeness (QED) is 0.760. The molecule has 0 atom stereocenters. The highest BCUT2D eigenvalue weighted by molar-refractivity contribution is 6.11. The summed E-state index contributed by atoms with van der Waals surface area (Å²) in [6.07, 6.45) is 4.93. The van der Waals surface area contributed by atoms with E-state index in [1.54, 1.807) is 18.3 Å². The van der Waals surface area contributed by atoms with Gasteiger partial charge in [-0.3, -0.25) is 4.79 Å². The number of fused-ring (bicyclic) bond motifs is 1. The molecule has 3 rings (SSSR count). The molecule has 1 amide bonds. The fraction of sp³-hybridized carbons (Fsp3) is 0.0714. The molecule has 0 radical (unpaired) electrons. The van der Waals surface area contributed by atoms with E-state index in [2.05, 4.69) is 15.3 Å². The minimum atomic E-state index is -0.175. The topological polar surface area (TPSA) is 59.8 Å². The zero-order valence-electron chi connectivity index (χ0n) is 10.4. The van der Waals surface area contributed by atoms with Crippen molar-refractivity contribution in [3.05, 3.63) is 54.6 Å². The molecule has 0 unspecified atom stereocenters. The molecular weight excluding hydrogens is 240 g/mol. The van der Waals surface area contributed by atoms with Gasteiger partial charge in [0.05, 0.1) is 11.1 Å². The van der Waals surface area contributed by atoms with E-state index in [1.807, 2.05) is 36.0 Å². The van der Waals surface area contributed by atoms with Crippen LogP contribution in [0.25, 0.3) is 10.9 Å². The SMILES string of the molecule is Cn1ccc2cccc(C(=O)Nc3ccncn3)c21. The largest absolute Gasteiger partial charge is 0.350 e. The van der Waals surface area contributed by atoms with E-state index in [9.17, 15) is 4.79 Å². The number of carbonyl (C=O) groups excluding carboxylic acids is 1. The highest BCUT2D eigenvalue weighted by Gasteiger charge is 2.12. The number of para-hydroxylation sites is 1. The zero-order chi connectivity index (χ0) is 13.2. The molecule has 0 aliphatic heterocycles. The second-order valence-corrected chi connectivity index (χ2v) is 4.22. The van der Waals surface area contributed by atoms with Crippen LogP contribution >= 0.6 is 0 Å². The van der Waals surface area contributed by atoms with Gasteiger partial charge in [-0.2, -0.15) is 0 Å². The first-order valence-electron chi connectivity index (χ1n) is 5.87. The third kappa shape index (κ3) is 2.06. The van der Waals surface area contributed by atoms with Gasteiger partial charge in [-0.1, -0.05) is 12.1 Å². The van der Waals surface area contributed by atoms with Gasteiger partial charge in [-0.15, -0.1) is 0 Å². The number of amides is 1. The van der Waals surface area contributed by atoms with Crippen LogP contribution < -0.4 is 5.32 Å². The van der Waals surface area contributed by atoms with Gasteiger partial charge in [0.15, 0.2) is 0 Å². The number of hydrogen-bond donors (Lipinski definition) is 1. The molecule has 0 aliphatic carbocycles. The smallest absolute Gasteiger partial charge is 0.258 e. The van der Waals surface area contributed by atoms with Crippen LogP contribution in [0.15, 0.2) is 49.1 Å². The third-order valence-electron chi connectivity index (χ3n) is 2.97. The molecule has 94 valence electrons. The first kappa shape index (κ1) is 11.4. The lowest BCUT2D eigenvalue weighted by atomic mass is 10.1. The van der Waals surface area contributed by atoms with Crippen molar-refractivity contribution in [2.45, 2.75) is 0 Å². The second-order valence-electron chi connectivity index (χ2n) is 4.22. The van der Waals surface area contributed by atoms with Crippen molar-refractivity contribution in [3.63, 3.8) is 0 Å². The van der Waals surface area contributed by atoms with E-state index < -0.39 is 0 Å². The normalized spacial score (nSPS) is 10.6. The Balaban J connectivity index is 2.00. The molecule has 2 aromatic heterocycles. The molecule has 19 heavy (non-hydrogen) atoms. The highest BCUT2D eigenvalue weighted by atomic mass is 16.1. The van der Waals surface area contributed by atoms with E-state index in [0.717, 1.165) is 10.9 Å². The van der Waals surface area contributed by atoms with Gasteiger partial charge < -0.3 is 9.88 Å². The first-order valence-corrected chi connectivity index (χ1v) is 5.87. The van der Waals surface area contributed by atoms with E-state index in [1.165, 1.54) is 6.33 Å². The maximum Gasteiger partial charge on any atom is 0.258 e. The number of aromatic nitrogens is 3. The summed E-state index contributed by atoms with van der Waals surface area (Å²) in [6.45, 7) is 0. The number of carbonyl (C=O) groups is 1. The molecule has 5 heteroatoms. The van der Waals surface area contributed by atoms with Crippen molar-refractivity contribution < 1.29 is 4.79 Å². The molecule has 1 aromatic carbocycles. The van der Waals surface area contributed by atoms with Crippen LogP contribution in [-0.2, 0) is 7.05 Å². The van der Waals surface area contributed by atoms with Gasteiger partial charge in [0, 0.05) is 24.8 Å². The summed E-state index contributed by atoms with van der Waals surface area (Å²) in [5, 5.41) is 3.80. The fourth-order valence-electron chi connectivity index (χ4n) is 2.09. The number of nitrogens with zero attached hydrogens (tertiary/aromatic N) is 3. The summed E-state index contributed by atoms with van der Waals surface area (Å²) in [4.78, 5) is 20.1. The van der Waals surface area contributed by atoms with Crippen LogP contribution in [0, 0.1) is 0 Å². The zero-order valence-corrected chi connectivity index (χ0v) is 10.4. The number of anilines is 1. The van der Waals surface area contributed by atoms with Crippen LogP contribution in [0.1, 0.15) is 10.4 Å². The maximum atomic E-state index is 12.3. The number of hydrogen-bond acceptors (Lipinski definition) is 3. The van der Waals surface area contributed by atoms with Crippen molar-refractivity contribution in [2.75, 3.05) is 5.32 Å². The molecule has 0 saturated heterocycles. The van der Waals surface area contributed by atoms with Crippen molar-refractivity contribution in [1.82, 2.24) is 14.5 Å². The fourth-order valence-corrected chi connectivity index (χ4v) is 2.09. The summed E-state index contributed by atoms with van der Waals surface area (Å²) in [7, 11) is 1.92. The molecule has 0 fully saturated rings. The van der Waals surface area contributed by atoms with Crippen LogP contribution in [0.3, 0.4) is 0 Å². The summed E-state index contributed by atoms with van der Waals surface area (Å²) >= 11 is 0. The molecule has 0 bridgehead atoms. The number of rotatable bonds is 2. The van der Waals surface area contributed by atoms with Gasteiger partial charge in [-0.05, 0) is 18.2 Å². The molecule has 0 spiro atoms. The summed E-state index contributed by atoms with van der Waals surface area (Å²) < 4.78 is 1.93. The summed E-state index contributed by atoms with van der Waals surface area (Å²) in [5.41, 5.74) is 1.54. The molecular formula is C14H12N4O. The Morgan fingerprint density at radius 1 is 1.26 bits per heavy atom. The van der Waals surface area contributed by atoms with E-state index >= 15 is 0 Å². The van der Waals surface area contributed by atoms with Crippen LogP contribution in [0.4, 0.5) is 5.82 Å². The van der Waals surface area contributed by atoms with Crippen molar-refractivity contribution >= 4 is 22.6 Å². The molecule has 5 nitrogen and oxygen atoms in total. The van der Waals surface area contributed by atoms with Crippen LogP contribution in [0.2, 0.25) is 0 Å². The molecule has 0 aliphatic rings. The lowest BCUT2D eigenvalue weighted by Crippen LogP contribution is -2.14. The molecule has 1 N–H and O–H groups in total. The lowest BCUT2D eigenvalue weighted by Gasteiger charge is -2.07. The maximum absolute atomic E-state index is 12.3. The Labute approximate surface area is 109 Å². The van der Waals surface area contributed by atoms with Gasteiger partial charge in [0.1, 0.15) is 12.1 Å². The lowest BCUT2D eigenvalue weighted by molar-refractivity contribution is 0.102. The van der Waals surface area contributed by atoms with E-state index in [4.69, 9.17) is 0 Å². The standard InChI is InChI=1S/C14H12N4O/c1-18-8-6-10-3-2-4-11(13(10)18)14(19)17-12-5-7-15-9-16-12/h2-9H,1H3,(H,15,16,17,19). The van der Waals surface area contributed by atoms with Crippen molar-refractivity contribution in [1.29, 1.82) is 0 Å². The van der Waals surface area contributed by atoms with E-state index in [0.29, 0.717) is 11.4 Å². The van der Waals surface area contributed by atoms with Crippen LogP contribution in [0.5, 0.6) is 0 Å². The average molecular weight is 252 g/mol. The third-order valence-corrected chi connectivity index (χ3v) is 2.97. The summed E-state index contributed by atoms with van der Waals surface area (Å²) in [6, 6.07) is 9.30. The predicted molar refractivity (Wildman–Crippen MR) is 72.9 cm³/mol. The minimum Gasteiger partial charge on any atom is -0.350 e. The van der Waals surface area contributed by atoms with Crippen molar-refractivity contribution in [2.24, 2.45) is 7.05 Å². The number of aryl methyl sites for hydroxylation is 1. The Morgan fingerprint density at radius 3 is 2.95 bits per heavy atom. The number of nitrogens with one attached hydrogen (secondary N) is 1. The Hall–Kier alpha value is -2.69. The first-order chi connectivity index (χ1) is 9.25. The van der Waals surface area contributed by atoms with Gasteiger partial charge in [0.2, 0.25) is 0 Å². The Morgan fingerprint density at radius 2 is 2.16 bits per heavy atom. The van der Waals surface area contributed by atoms with Gasteiger partial charge in [-0.25, -0.2) is 9.97 Å². The highest BCUT2D eigenvalue weighted by Crippen LogP contribution is 2.20. The molecule has 3 aromatic rings. The molecule has 2 heterocycles. The monoisotopic (exact) mass is 252 g/mol. The van der Waals surface area contributed by atoms with Gasteiger partial charge in [0.25, 0.3) is 5.91 Å². The Kier molecular flexibility index (Phi) is 2.72. The average Bonchev–Trinajstić information content (AvgIpc) is 2.82. The number of benzene rings is 1. The minimum absolute atomic E-state index is 0.175. The summed E-state index contributed by atoms with van der Waals surface area (Å²) in [5.74, 6) is 0.317. The van der Waals surface area contributed by atoms with Gasteiger partial charge >= 0.3 is 0 Å². The second kappa shape index (κ2) is 4.53. The Bertz CT molecular complexity index is 734. The van der Waals surface area contributed by atoms with E-state index in [-0.39, 0.29) is 5.91 Å². The predicted octanol–water partition coefficient (Wildman–Crippen LogP) is 2.22. The molecule has 0 saturated carbocycles. The van der Waals surface area contributed by atoms with Crippen LogP contribution in [-0.4, -0.2) is 20.4 Å². The van der Waals surface area contributed by atoms with Crippen molar-refractivity contribution in [3.8, 4) is 0 Å².